The lowest BCUT2D eigenvalue weighted by atomic mass is 9.91. The average Bonchev–Trinajstić information content (AvgIpc) is 3.08. The molecule has 1 amide bonds. The standard InChI is InChI=1S/C26H25NO5/c1-4-14-27-23(19-11-7-9-16-8-5-6-10-18(16)19)22(25(29)26(27)30)24(28)20-15-17(31-2)12-13-21(20)32-3/h5-13,15,23,28H,4,14H2,1-3H3/b24-22+. The maximum atomic E-state index is 13.2. The average molecular weight is 431 g/mol. The van der Waals surface area contributed by atoms with Crippen LogP contribution in [0.5, 0.6) is 11.5 Å². The Morgan fingerprint density at radius 1 is 1.00 bits per heavy atom. The fourth-order valence-corrected chi connectivity index (χ4v) is 4.31. The van der Waals surface area contributed by atoms with Crippen molar-refractivity contribution in [2.45, 2.75) is 19.4 Å². The summed E-state index contributed by atoms with van der Waals surface area (Å²) < 4.78 is 10.7. The smallest absolute Gasteiger partial charge is 0.295 e. The summed E-state index contributed by atoms with van der Waals surface area (Å²) in [5.74, 6) is -0.735. The van der Waals surface area contributed by atoms with Crippen molar-refractivity contribution in [3.05, 3.63) is 77.4 Å². The summed E-state index contributed by atoms with van der Waals surface area (Å²) >= 11 is 0. The van der Waals surface area contributed by atoms with Crippen LogP contribution in [0.1, 0.15) is 30.5 Å². The van der Waals surface area contributed by atoms with Gasteiger partial charge in [0, 0.05) is 6.54 Å². The number of carbonyl (C=O) groups excluding carboxylic acids is 2. The number of aliphatic hydroxyl groups excluding tert-OH is 1. The molecule has 3 aromatic carbocycles. The molecule has 0 bridgehead atoms. The molecule has 1 N–H and O–H groups in total. The van der Waals surface area contributed by atoms with Crippen LogP contribution in [-0.4, -0.2) is 42.5 Å². The molecule has 1 aliphatic rings. The summed E-state index contributed by atoms with van der Waals surface area (Å²) in [6.45, 7) is 2.34. The molecule has 1 heterocycles. The lowest BCUT2D eigenvalue weighted by Gasteiger charge is -2.26. The number of ketones is 1. The van der Waals surface area contributed by atoms with E-state index in [9.17, 15) is 14.7 Å². The highest BCUT2D eigenvalue weighted by molar-refractivity contribution is 6.46. The first-order valence-electron chi connectivity index (χ1n) is 10.5. The zero-order chi connectivity index (χ0) is 22.8. The monoisotopic (exact) mass is 431 g/mol. The van der Waals surface area contributed by atoms with Crippen LogP contribution in [0.2, 0.25) is 0 Å². The third kappa shape index (κ3) is 3.47. The van der Waals surface area contributed by atoms with Crippen molar-refractivity contribution in [3.8, 4) is 11.5 Å². The molecule has 6 nitrogen and oxygen atoms in total. The number of hydrogen-bond acceptors (Lipinski definition) is 5. The van der Waals surface area contributed by atoms with Gasteiger partial charge in [0.2, 0.25) is 0 Å². The normalized spacial score (nSPS) is 17.7. The maximum Gasteiger partial charge on any atom is 0.295 e. The van der Waals surface area contributed by atoms with Crippen LogP contribution in [0.25, 0.3) is 16.5 Å². The van der Waals surface area contributed by atoms with E-state index in [1.807, 2.05) is 49.4 Å². The molecule has 0 saturated carbocycles. The van der Waals surface area contributed by atoms with Crippen molar-refractivity contribution in [1.29, 1.82) is 0 Å². The number of aliphatic hydroxyl groups is 1. The molecule has 1 saturated heterocycles. The number of likely N-dealkylation sites (tertiary alicyclic amines) is 1. The van der Waals surface area contributed by atoms with E-state index in [1.54, 1.807) is 23.1 Å². The molecule has 0 spiro atoms. The summed E-state index contributed by atoms with van der Waals surface area (Å²) in [4.78, 5) is 27.8. The minimum atomic E-state index is -0.711. The first kappa shape index (κ1) is 21.4. The van der Waals surface area contributed by atoms with Gasteiger partial charge in [0.1, 0.15) is 17.3 Å². The number of hydrogen-bond donors (Lipinski definition) is 1. The molecule has 0 aromatic heterocycles. The third-order valence-corrected chi connectivity index (χ3v) is 5.78. The number of ether oxygens (including phenoxy) is 2. The zero-order valence-corrected chi connectivity index (χ0v) is 18.3. The number of methoxy groups -OCH3 is 2. The number of nitrogens with zero attached hydrogens (tertiary/aromatic N) is 1. The molecule has 0 radical (unpaired) electrons. The van der Waals surface area contributed by atoms with Crippen LogP contribution in [0.3, 0.4) is 0 Å². The molecule has 3 aromatic rings. The van der Waals surface area contributed by atoms with Gasteiger partial charge in [-0.3, -0.25) is 9.59 Å². The fourth-order valence-electron chi connectivity index (χ4n) is 4.31. The first-order chi connectivity index (χ1) is 15.5. The van der Waals surface area contributed by atoms with Gasteiger partial charge in [0.25, 0.3) is 11.7 Å². The van der Waals surface area contributed by atoms with Gasteiger partial charge in [0.05, 0.1) is 31.4 Å². The number of benzene rings is 3. The number of fused-ring (bicyclic) bond motifs is 1. The largest absolute Gasteiger partial charge is 0.507 e. The predicted molar refractivity (Wildman–Crippen MR) is 123 cm³/mol. The number of Topliss-reactive ketones (excluding diaryl/α,β-unsaturated/α-hetero) is 1. The van der Waals surface area contributed by atoms with Gasteiger partial charge in [-0.05, 0) is 41.0 Å². The summed E-state index contributed by atoms with van der Waals surface area (Å²) in [5.41, 5.74) is 1.14. The molecule has 1 aliphatic heterocycles. The third-order valence-electron chi connectivity index (χ3n) is 5.78. The molecule has 4 rings (SSSR count). The van der Waals surface area contributed by atoms with Crippen molar-refractivity contribution < 1.29 is 24.2 Å². The Balaban J connectivity index is 2.01. The second-order valence-electron chi connectivity index (χ2n) is 7.63. The van der Waals surface area contributed by atoms with E-state index in [4.69, 9.17) is 9.47 Å². The summed E-state index contributed by atoms with van der Waals surface area (Å²) in [5, 5.41) is 13.3. The summed E-state index contributed by atoms with van der Waals surface area (Å²) in [6.07, 6.45) is 0.677. The minimum Gasteiger partial charge on any atom is -0.507 e. The zero-order valence-electron chi connectivity index (χ0n) is 18.3. The fraction of sp³-hybridized carbons (Fsp3) is 0.231. The predicted octanol–water partition coefficient (Wildman–Crippen LogP) is 4.69. The first-order valence-corrected chi connectivity index (χ1v) is 10.5. The van der Waals surface area contributed by atoms with Crippen LogP contribution >= 0.6 is 0 Å². The van der Waals surface area contributed by atoms with Gasteiger partial charge >= 0.3 is 0 Å². The lowest BCUT2D eigenvalue weighted by molar-refractivity contribution is -0.139. The lowest BCUT2D eigenvalue weighted by Crippen LogP contribution is -2.30. The molecule has 32 heavy (non-hydrogen) atoms. The molecule has 164 valence electrons. The van der Waals surface area contributed by atoms with E-state index in [1.165, 1.54) is 14.2 Å². The van der Waals surface area contributed by atoms with Gasteiger partial charge in [-0.25, -0.2) is 0 Å². The van der Waals surface area contributed by atoms with Gasteiger partial charge in [-0.2, -0.15) is 0 Å². The van der Waals surface area contributed by atoms with E-state index in [2.05, 4.69) is 0 Å². The molecule has 1 unspecified atom stereocenters. The van der Waals surface area contributed by atoms with Crippen LogP contribution in [0.4, 0.5) is 0 Å². The number of rotatable bonds is 6. The van der Waals surface area contributed by atoms with Crippen molar-refractivity contribution in [3.63, 3.8) is 0 Å². The highest BCUT2D eigenvalue weighted by atomic mass is 16.5. The Morgan fingerprint density at radius 2 is 1.75 bits per heavy atom. The van der Waals surface area contributed by atoms with Gasteiger partial charge in [-0.15, -0.1) is 0 Å². The van der Waals surface area contributed by atoms with Gasteiger partial charge < -0.3 is 19.5 Å². The van der Waals surface area contributed by atoms with E-state index in [-0.39, 0.29) is 11.3 Å². The van der Waals surface area contributed by atoms with Crippen LogP contribution in [-0.2, 0) is 9.59 Å². The Bertz CT molecular complexity index is 1220. The van der Waals surface area contributed by atoms with Gasteiger partial charge in [-0.1, -0.05) is 49.4 Å². The number of carbonyl (C=O) groups is 2. The van der Waals surface area contributed by atoms with Crippen molar-refractivity contribution in [2.75, 3.05) is 20.8 Å². The van der Waals surface area contributed by atoms with Crippen LogP contribution in [0, 0.1) is 0 Å². The van der Waals surface area contributed by atoms with Crippen molar-refractivity contribution in [2.24, 2.45) is 0 Å². The Morgan fingerprint density at radius 3 is 2.47 bits per heavy atom. The topological polar surface area (TPSA) is 76.1 Å². The van der Waals surface area contributed by atoms with Gasteiger partial charge in [0.15, 0.2) is 0 Å². The van der Waals surface area contributed by atoms with E-state index in [0.717, 1.165) is 16.3 Å². The van der Waals surface area contributed by atoms with E-state index >= 15 is 0 Å². The molecule has 1 atom stereocenters. The Labute approximate surface area is 186 Å². The summed E-state index contributed by atoms with van der Waals surface area (Å²) in [7, 11) is 3.00. The molecular formula is C26H25NO5. The Hall–Kier alpha value is -3.80. The highest BCUT2D eigenvalue weighted by Crippen LogP contribution is 2.43. The minimum absolute atomic E-state index is 0.0476. The maximum absolute atomic E-state index is 13.2. The molecule has 6 heteroatoms. The highest BCUT2D eigenvalue weighted by Gasteiger charge is 2.46. The van der Waals surface area contributed by atoms with E-state index in [0.29, 0.717) is 30.0 Å². The summed E-state index contributed by atoms with van der Waals surface area (Å²) in [6, 6.07) is 17.8. The quantitative estimate of drug-likeness (QED) is 0.348. The Kier molecular flexibility index (Phi) is 5.86. The number of amides is 1. The van der Waals surface area contributed by atoms with Crippen LogP contribution < -0.4 is 9.47 Å². The molecule has 1 fully saturated rings. The van der Waals surface area contributed by atoms with E-state index < -0.39 is 17.7 Å². The second kappa shape index (κ2) is 8.75. The van der Waals surface area contributed by atoms with Crippen molar-refractivity contribution >= 4 is 28.2 Å². The second-order valence-corrected chi connectivity index (χ2v) is 7.63. The van der Waals surface area contributed by atoms with Crippen LogP contribution in [0.15, 0.2) is 66.2 Å². The van der Waals surface area contributed by atoms with Crippen molar-refractivity contribution in [1.82, 2.24) is 4.90 Å². The SMILES string of the molecule is CCCN1C(=O)C(=O)/C(=C(/O)c2cc(OC)ccc2OC)C1c1cccc2ccccc12. The molecule has 0 aliphatic carbocycles. The molecular weight excluding hydrogens is 406 g/mol.